The molecule has 0 aliphatic heterocycles. The fourth-order valence-electron chi connectivity index (χ4n) is 1.99. The molecule has 0 aromatic heterocycles. The molecule has 0 aliphatic carbocycles. The molecule has 0 atom stereocenters. The van der Waals surface area contributed by atoms with Crippen LogP contribution in [-0.4, -0.2) is 0 Å². The lowest BCUT2D eigenvalue weighted by molar-refractivity contribution is 0.319. The maximum atomic E-state index is 2.33. The molecule has 0 saturated heterocycles. The van der Waals surface area contributed by atoms with E-state index >= 15 is 0 Å². The summed E-state index contributed by atoms with van der Waals surface area (Å²) in [7, 11) is 0. The smallest absolute Gasteiger partial charge is 0.0184 e. The summed E-state index contributed by atoms with van der Waals surface area (Å²) in [6.45, 7) is 17.2. The quantitative estimate of drug-likeness (QED) is 0.537. The summed E-state index contributed by atoms with van der Waals surface area (Å²) >= 11 is 0. The van der Waals surface area contributed by atoms with E-state index < -0.39 is 0 Å². The fourth-order valence-corrected chi connectivity index (χ4v) is 1.99. The third-order valence-electron chi connectivity index (χ3n) is 3.54. The van der Waals surface area contributed by atoms with Crippen LogP contribution in [0.2, 0.25) is 0 Å². The second-order valence-corrected chi connectivity index (χ2v) is 5.61. The number of fused-ring (bicyclic) bond motifs is 1. The Labute approximate surface area is 140 Å². The van der Waals surface area contributed by atoms with Crippen molar-refractivity contribution in [1.82, 2.24) is 0 Å². The minimum atomic E-state index is 0.592. The molecule has 0 amide bonds. The summed E-state index contributed by atoms with van der Waals surface area (Å²) in [5.41, 5.74) is 0.592. The van der Waals surface area contributed by atoms with E-state index in [1.807, 2.05) is 27.7 Å². The van der Waals surface area contributed by atoms with Gasteiger partial charge in [-0.2, -0.15) is 0 Å². The highest BCUT2D eigenvalue weighted by atomic mass is 14.2. The third-order valence-corrected chi connectivity index (χ3v) is 3.54. The van der Waals surface area contributed by atoms with E-state index in [1.165, 1.54) is 30.0 Å². The molecule has 2 rings (SSSR count). The average molecular weight is 303 g/mol. The van der Waals surface area contributed by atoms with E-state index in [2.05, 4.69) is 76.2 Å². The fraction of sp³-hybridized carbons (Fsp3) is 0.545. The molecule has 0 aliphatic rings. The molecular formula is C22H38. The molecule has 0 nitrogen and oxygen atoms in total. The minimum Gasteiger partial charge on any atom is -0.0683 e. The molecule has 2 aromatic rings. The van der Waals surface area contributed by atoms with Crippen LogP contribution < -0.4 is 0 Å². The molecule has 0 N–H and O–H groups in total. The first kappa shape index (κ1) is 23.0. The van der Waals surface area contributed by atoms with Crippen LogP contribution in [0.25, 0.3) is 10.8 Å². The summed E-state index contributed by atoms with van der Waals surface area (Å²) in [4.78, 5) is 0. The summed E-state index contributed by atoms with van der Waals surface area (Å²) in [5.74, 6) is 0. The molecule has 22 heavy (non-hydrogen) atoms. The summed E-state index contributed by atoms with van der Waals surface area (Å²) < 4.78 is 0. The van der Waals surface area contributed by atoms with Gasteiger partial charge in [0.1, 0.15) is 0 Å². The molecule has 126 valence electrons. The molecule has 0 heterocycles. The van der Waals surface area contributed by atoms with Gasteiger partial charge in [0, 0.05) is 0 Å². The van der Waals surface area contributed by atoms with Crippen molar-refractivity contribution < 1.29 is 0 Å². The lowest BCUT2D eigenvalue weighted by Crippen LogP contribution is -2.07. The molecule has 0 spiro atoms. The Morgan fingerprint density at radius 1 is 0.682 bits per heavy atom. The third kappa shape index (κ3) is 10.4. The second-order valence-electron chi connectivity index (χ2n) is 5.61. The van der Waals surface area contributed by atoms with Crippen molar-refractivity contribution in [2.75, 3.05) is 0 Å². The summed E-state index contributed by atoms with van der Waals surface area (Å²) in [5, 5.41) is 2.62. The largest absolute Gasteiger partial charge is 0.0683 e. The highest BCUT2D eigenvalue weighted by molar-refractivity contribution is 5.81. The SMILES string of the molecule is CC.CC.CCCC(C)(C)CC.c1ccc2ccccc2c1. The predicted molar refractivity (Wildman–Crippen MR) is 106 cm³/mol. The van der Waals surface area contributed by atoms with Crippen molar-refractivity contribution >= 4 is 10.8 Å². The van der Waals surface area contributed by atoms with Crippen molar-refractivity contribution in [3.63, 3.8) is 0 Å². The first-order valence-electron chi connectivity index (χ1n) is 9.03. The number of benzene rings is 2. The predicted octanol–water partition coefficient (Wildman–Crippen LogP) is 8.11. The molecule has 0 bridgehead atoms. The molecule has 0 saturated carbocycles. The van der Waals surface area contributed by atoms with Crippen molar-refractivity contribution in [2.24, 2.45) is 5.41 Å². The van der Waals surface area contributed by atoms with E-state index in [0.29, 0.717) is 5.41 Å². The van der Waals surface area contributed by atoms with Gasteiger partial charge in [0.25, 0.3) is 0 Å². The van der Waals surface area contributed by atoms with Gasteiger partial charge in [-0.3, -0.25) is 0 Å². The highest BCUT2D eigenvalue weighted by Gasteiger charge is 2.11. The first-order chi connectivity index (χ1) is 10.6. The normalized spacial score (nSPS) is 9.45. The van der Waals surface area contributed by atoms with Crippen LogP contribution in [0, 0.1) is 5.41 Å². The Balaban J connectivity index is 0. The van der Waals surface area contributed by atoms with Crippen molar-refractivity contribution in [3.8, 4) is 0 Å². The first-order valence-corrected chi connectivity index (χ1v) is 9.03. The zero-order valence-electron chi connectivity index (χ0n) is 16.2. The van der Waals surface area contributed by atoms with E-state index in [1.54, 1.807) is 0 Å². The van der Waals surface area contributed by atoms with Gasteiger partial charge in [-0.1, -0.05) is 117 Å². The van der Waals surface area contributed by atoms with Gasteiger partial charge in [-0.05, 0) is 22.6 Å². The van der Waals surface area contributed by atoms with Gasteiger partial charge >= 0.3 is 0 Å². The van der Waals surface area contributed by atoms with E-state index in [-0.39, 0.29) is 0 Å². The van der Waals surface area contributed by atoms with Crippen molar-refractivity contribution in [2.45, 2.75) is 74.7 Å². The maximum absolute atomic E-state index is 2.33. The number of hydrogen-bond donors (Lipinski definition) is 0. The zero-order valence-corrected chi connectivity index (χ0v) is 16.2. The Bertz CT molecular complexity index is 389. The lowest BCUT2D eigenvalue weighted by Gasteiger charge is -2.20. The van der Waals surface area contributed by atoms with Crippen molar-refractivity contribution in [1.29, 1.82) is 0 Å². The molecule has 0 fully saturated rings. The van der Waals surface area contributed by atoms with Crippen LogP contribution in [0.1, 0.15) is 74.7 Å². The molecule has 0 heteroatoms. The van der Waals surface area contributed by atoms with Crippen molar-refractivity contribution in [3.05, 3.63) is 48.5 Å². The van der Waals surface area contributed by atoms with E-state index in [9.17, 15) is 0 Å². The average Bonchev–Trinajstić information content (AvgIpc) is 2.59. The molecular weight excluding hydrogens is 264 g/mol. The van der Waals surface area contributed by atoms with Crippen LogP contribution in [0.5, 0.6) is 0 Å². The summed E-state index contributed by atoms with van der Waals surface area (Å²) in [6, 6.07) is 16.7. The highest BCUT2D eigenvalue weighted by Crippen LogP contribution is 2.25. The Morgan fingerprint density at radius 2 is 1.00 bits per heavy atom. The van der Waals surface area contributed by atoms with Gasteiger partial charge < -0.3 is 0 Å². The topological polar surface area (TPSA) is 0 Å². The van der Waals surface area contributed by atoms with Gasteiger partial charge in [0.2, 0.25) is 0 Å². The minimum absolute atomic E-state index is 0.592. The monoisotopic (exact) mass is 302 g/mol. The Hall–Kier alpha value is -1.30. The number of rotatable bonds is 3. The number of hydrogen-bond acceptors (Lipinski definition) is 0. The lowest BCUT2D eigenvalue weighted by atomic mass is 9.86. The van der Waals surface area contributed by atoms with Crippen LogP contribution in [0.3, 0.4) is 0 Å². The maximum Gasteiger partial charge on any atom is -0.0184 e. The van der Waals surface area contributed by atoms with Gasteiger partial charge in [0.15, 0.2) is 0 Å². The van der Waals surface area contributed by atoms with Crippen LogP contribution in [-0.2, 0) is 0 Å². The summed E-state index contributed by atoms with van der Waals surface area (Å²) in [6.07, 6.45) is 3.99. The van der Waals surface area contributed by atoms with Crippen LogP contribution in [0.15, 0.2) is 48.5 Å². The van der Waals surface area contributed by atoms with Crippen LogP contribution in [0.4, 0.5) is 0 Å². The van der Waals surface area contributed by atoms with Crippen LogP contribution >= 0.6 is 0 Å². The van der Waals surface area contributed by atoms with E-state index in [4.69, 9.17) is 0 Å². The Kier molecular flexibility index (Phi) is 15.3. The molecule has 0 radical (unpaired) electrons. The van der Waals surface area contributed by atoms with Gasteiger partial charge in [-0.25, -0.2) is 0 Å². The Morgan fingerprint density at radius 3 is 1.18 bits per heavy atom. The van der Waals surface area contributed by atoms with E-state index in [0.717, 1.165) is 0 Å². The molecule has 0 unspecified atom stereocenters. The molecule has 2 aromatic carbocycles. The second kappa shape index (κ2) is 14.6. The van der Waals surface area contributed by atoms with Gasteiger partial charge in [-0.15, -0.1) is 0 Å². The van der Waals surface area contributed by atoms with Gasteiger partial charge in [0.05, 0.1) is 0 Å². The standard InChI is InChI=1S/C10H8.C8H18.2C2H6/c1-2-6-10-8-4-3-7-9(10)5-1;1-5-7-8(3,4)6-2;2*1-2/h1-8H;5-7H2,1-4H3;2*1-2H3. The zero-order chi connectivity index (χ0) is 17.4.